The lowest BCUT2D eigenvalue weighted by Gasteiger charge is -2.58. The van der Waals surface area contributed by atoms with Gasteiger partial charge in [0.15, 0.2) is 0 Å². The molecule has 0 bridgehead atoms. The number of likely N-dealkylation sites (tertiary alicyclic amines) is 1. The first-order valence-corrected chi connectivity index (χ1v) is 4.48. The molecule has 0 aromatic heterocycles. The van der Waals surface area contributed by atoms with Gasteiger partial charge < -0.3 is 24.7 Å². The molecule has 1 atom stereocenters. The van der Waals surface area contributed by atoms with Crippen molar-refractivity contribution in [2.24, 2.45) is 11.8 Å². The Bertz CT molecular complexity index is 321. The van der Waals surface area contributed by atoms with Crippen LogP contribution in [0.1, 0.15) is 13.8 Å². The number of hydrogen-bond acceptors (Lipinski definition) is 5. The van der Waals surface area contributed by atoms with Gasteiger partial charge in [0.05, 0.1) is 17.9 Å². The number of β-lactam (4-membered cyclic amide) rings is 1. The maximum absolute atomic E-state index is 11.4. The van der Waals surface area contributed by atoms with E-state index in [0.29, 0.717) is 4.90 Å². The van der Waals surface area contributed by atoms with E-state index in [1.165, 1.54) is 0 Å². The van der Waals surface area contributed by atoms with Gasteiger partial charge in [-0.2, -0.15) is 0 Å². The molecule has 1 saturated heterocycles. The molecule has 1 fully saturated rings. The van der Waals surface area contributed by atoms with E-state index in [1.807, 2.05) is 0 Å². The van der Waals surface area contributed by atoms with Gasteiger partial charge in [0, 0.05) is 7.05 Å². The van der Waals surface area contributed by atoms with Crippen molar-refractivity contribution in [3.8, 4) is 0 Å². The largest absolute Gasteiger partial charge is 0.547 e. The summed E-state index contributed by atoms with van der Waals surface area (Å²) in [4.78, 5) is 33.8. The lowest BCUT2D eigenvalue weighted by atomic mass is 9.68. The molecule has 0 spiro atoms. The number of amides is 1. The maximum Gasteiger partial charge on any atom is 0.229 e. The van der Waals surface area contributed by atoms with Crippen LogP contribution in [0.25, 0.3) is 0 Å². The average Bonchev–Trinajstić information content (AvgIpc) is 2.09. The zero-order valence-corrected chi connectivity index (χ0v) is 8.64. The van der Waals surface area contributed by atoms with Crippen molar-refractivity contribution < 1.29 is 24.6 Å². The van der Waals surface area contributed by atoms with E-state index in [-0.39, 0.29) is 0 Å². The normalized spacial score (nSPS) is 23.9. The predicted molar refractivity (Wildman–Crippen MR) is 43.8 cm³/mol. The summed E-state index contributed by atoms with van der Waals surface area (Å²) in [6, 6.07) is 0. The summed E-state index contributed by atoms with van der Waals surface area (Å²) in [5.41, 5.74) is -2.31. The van der Waals surface area contributed by atoms with Crippen LogP contribution < -0.4 is 10.2 Å². The van der Waals surface area contributed by atoms with Crippen molar-refractivity contribution in [1.82, 2.24) is 4.90 Å². The van der Waals surface area contributed by atoms with Crippen LogP contribution in [0, 0.1) is 11.8 Å². The number of hydrogen-bond donors (Lipinski definition) is 0. The van der Waals surface area contributed by atoms with Crippen molar-refractivity contribution >= 4 is 17.8 Å². The molecule has 15 heavy (non-hydrogen) atoms. The van der Waals surface area contributed by atoms with Gasteiger partial charge in [-0.1, -0.05) is 13.8 Å². The molecule has 0 N–H and O–H groups in total. The minimum absolute atomic E-state index is 0.399. The van der Waals surface area contributed by atoms with Gasteiger partial charge in [-0.05, 0) is 5.92 Å². The molecule has 0 radical (unpaired) electrons. The van der Waals surface area contributed by atoms with Crippen molar-refractivity contribution in [1.29, 1.82) is 0 Å². The Morgan fingerprint density at radius 3 is 1.93 bits per heavy atom. The Morgan fingerprint density at radius 1 is 1.33 bits per heavy atom. The lowest BCUT2D eigenvalue weighted by molar-refractivity contribution is -0.351. The summed E-state index contributed by atoms with van der Waals surface area (Å²) in [5.74, 6) is -5.63. The summed E-state index contributed by atoms with van der Waals surface area (Å²) in [5, 5.41) is 21.8. The summed E-state index contributed by atoms with van der Waals surface area (Å²) >= 11 is 0. The first-order chi connectivity index (χ1) is 6.77. The number of likely N-dealkylation sites (N-methyl/N-ethyl adjacent to an activating group) is 1. The first kappa shape index (κ1) is 11.5. The van der Waals surface area contributed by atoms with E-state index in [0.717, 1.165) is 7.05 Å². The molecular formula is C9H11NO5-2. The van der Waals surface area contributed by atoms with E-state index in [4.69, 9.17) is 0 Å². The number of aliphatic carboxylic acids is 2. The fraction of sp³-hybridized carbons (Fsp3) is 0.667. The van der Waals surface area contributed by atoms with E-state index < -0.39 is 35.2 Å². The number of nitrogens with zero attached hydrogens (tertiary/aromatic N) is 1. The summed E-state index contributed by atoms with van der Waals surface area (Å²) in [6.07, 6.45) is 0. The molecule has 0 aromatic carbocycles. The topological polar surface area (TPSA) is 101 Å². The van der Waals surface area contributed by atoms with Gasteiger partial charge in [0.2, 0.25) is 5.91 Å². The van der Waals surface area contributed by atoms with Crippen LogP contribution in [0.2, 0.25) is 0 Å². The minimum atomic E-state index is -2.31. The van der Waals surface area contributed by atoms with Crippen LogP contribution in [0.3, 0.4) is 0 Å². The molecule has 1 amide bonds. The van der Waals surface area contributed by atoms with Gasteiger partial charge >= 0.3 is 0 Å². The maximum atomic E-state index is 11.4. The summed E-state index contributed by atoms with van der Waals surface area (Å²) in [7, 11) is 1.12. The standard InChI is InChI=1S/C9H13NO5/c1-4(2)5-6(11)10(3)9(5,7(12)13)8(14)15/h4-5H,1-3H3,(H,12,13)(H,14,15)/p-2. The van der Waals surface area contributed by atoms with Crippen molar-refractivity contribution in [2.45, 2.75) is 19.4 Å². The molecule has 0 saturated carbocycles. The second-order valence-corrected chi connectivity index (χ2v) is 3.96. The Morgan fingerprint density at radius 2 is 1.73 bits per heavy atom. The van der Waals surface area contributed by atoms with Crippen LogP contribution in [-0.4, -0.2) is 35.3 Å². The van der Waals surface area contributed by atoms with E-state index in [9.17, 15) is 24.6 Å². The van der Waals surface area contributed by atoms with E-state index >= 15 is 0 Å². The third kappa shape index (κ3) is 1.14. The van der Waals surface area contributed by atoms with Crippen LogP contribution in [0.4, 0.5) is 0 Å². The number of rotatable bonds is 3. The molecule has 1 aliphatic heterocycles. The Kier molecular flexibility index (Phi) is 2.46. The number of carboxylic acids is 2. The van der Waals surface area contributed by atoms with E-state index in [1.54, 1.807) is 13.8 Å². The molecule has 1 rings (SSSR count). The number of carbonyl (C=O) groups excluding carboxylic acids is 3. The van der Waals surface area contributed by atoms with Crippen molar-refractivity contribution in [2.75, 3.05) is 7.05 Å². The molecule has 0 aromatic rings. The third-order valence-electron chi connectivity index (χ3n) is 2.86. The molecule has 84 valence electrons. The van der Waals surface area contributed by atoms with Crippen molar-refractivity contribution in [3.05, 3.63) is 0 Å². The molecule has 1 unspecified atom stereocenters. The van der Waals surface area contributed by atoms with Gasteiger partial charge in [-0.15, -0.1) is 0 Å². The summed E-state index contributed by atoms with van der Waals surface area (Å²) in [6.45, 7) is 3.16. The van der Waals surface area contributed by atoms with Gasteiger partial charge in [0.25, 0.3) is 0 Å². The molecule has 1 aliphatic rings. The van der Waals surface area contributed by atoms with Crippen LogP contribution in [0.5, 0.6) is 0 Å². The minimum Gasteiger partial charge on any atom is -0.547 e. The van der Waals surface area contributed by atoms with Gasteiger partial charge in [-0.3, -0.25) is 4.79 Å². The zero-order valence-electron chi connectivity index (χ0n) is 8.64. The number of carboxylic acid groups (broad SMARTS) is 2. The molecule has 6 nitrogen and oxygen atoms in total. The fourth-order valence-corrected chi connectivity index (χ4v) is 2.08. The number of carbonyl (C=O) groups is 3. The molecule has 1 heterocycles. The van der Waals surface area contributed by atoms with Crippen LogP contribution in [-0.2, 0) is 14.4 Å². The monoisotopic (exact) mass is 213 g/mol. The van der Waals surface area contributed by atoms with Crippen molar-refractivity contribution in [3.63, 3.8) is 0 Å². The van der Waals surface area contributed by atoms with Gasteiger partial charge in [0.1, 0.15) is 5.54 Å². The molecule has 6 heteroatoms. The Balaban J connectivity index is 3.23. The third-order valence-corrected chi connectivity index (χ3v) is 2.86. The second-order valence-electron chi connectivity index (χ2n) is 3.96. The highest BCUT2D eigenvalue weighted by Gasteiger charge is 2.61. The summed E-state index contributed by atoms with van der Waals surface area (Å²) < 4.78 is 0. The molecule has 0 aliphatic carbocycles. The average molecular weight is 213 g/mol. The second kappa shape index (κ2) is 3.22. The molecular weight excluding hydrogens is 202 g/mol. The quantitative estimate of drug-likeness (QED) is 0.366. The highest BCUT2D eigenvalue weighted by molar-refractivity contribution is 6.14. The van der Waals surface area contributed by atoms with E-state index in [2.05, 4.69) is 0 Å². The lowest BCUT2D eigenvalue weighted by Crippen LogP contribution is -2.82. The predicted octanol–water partition coefficient (Wildman–Crippen LogP) is -3.03. The SMILES string of the molecule is CC(C)C1C(=O)N(C)C1(C(=O)[O-])C(=O)[O-]. The first-order valence-electron chi connectivity index (χ1n) is 4.48. The van der Waals surface area contributed by atoms with Crippen LogP contribution >= 0.6 is 0 Å². The van der Waals surface area contributed by atoms with Crippen LogP contribution in [0.15, 0.2) is 0 Å². The Labute approximate surface area is 86.5 Å². The Hall–Kier alpha value is -1.59. The van der Waals surface area contributed by atoms with Gasteiger partial charge in [-0.25, -0.2) is 0 Å². The fourth-order valence-electron chi connectivity index (χ4n) is 2.08. The smallest absolute Gasteiger partial charge is 0.229 e. The zero-order chi connectivity index (χ0) is 12.0. The highest BCUT2D eigenvalue weighted by atomic mass is 16.4. The highest BCUT2D eigenvalue weighted by Crippen LogP contribution is 2.40.